The number of benzene rings is 2. The average Bonchev–Trinajstić information content (AvgIpc) is 3.04. The molecule has 2 aromatic carbocycles. The highest BCUT2D eigenvalue weighted by molar-refractivity contribution is 7.17. The molecule has 0 aliphatic rings. The fraction of sp³-hybridized carbons (Fsp3) is 0.333. The highest BCUT2D eigenvalue weighted by atomic mass is 32.1. The van der Waals surface area contributed by atoms with Crippen LogP contribution >= 0.6 is 11.3 Å². The normalized spacial score (nSPS) is 13.2. The molecule has 0 saturated carbocycles. The second kappa shape index (κ2) is 7.38. The van der Waals surface area contributed by atoms with E-state index in [1.165, 1.54) is 5.39 Å². The molecular weight excluding hydrogens is 310 g/mol. The Balaban J connectivity index is 1.98. The van der Waals surface area contributed by atoms with Gasteiger partial charge in [0.25, 0.3) is 0 Å². The maximum absolute atomic E-state index is 10.7. The summed E-state index contributed by atoms with van der Waals surface area (Å²) in [6.07, 6.45) is -0.654. The van der Waals surface area contributed by atoms with E-state index in [1.54, 1.807) is 11.3 Å². The van der Waals surface area contributed by atoms with Crippen LogP contribution in [0.25, 0.3) is 20.9 Å². The van der Waals surface area contributed by atoms with Crippen LogP contribution in [0.2, 0.25) is 0 Å². The van der Waals surface area contributed by atoms with E-state index in [9.17, 15) is 5.11 Å². The van der Waals surface area contributed by atoms with E-state index in [0.29, 0.717) is 19.6 Å². The van der Waals surface area contributed by atoms with Crippen molar-refractivity contribution in [2.24, 2.45) is 0 Å². The van der Waals surface area contributed by atoms with Gasteiger partial charge < -0.3 is 15.3 Å². The third-order valence-corrected chi connectivity index (χ3v) is 5.08. The molecule has 0 spiro atoms. The number of aliphatic hydroxyl groups excluding tert-OH is 3. The third-order valence-electron chi connectivity index (χ3n) is 4.11. The minimum Gasteiger partial charge on any atom is -0.395 e. The van der Waals surface area contributed by atoms with Crippen molar-refractivity contribution in [3.63, 3.8) is 0 Å². The second-order valence-electron chi connectivity index (χ2n) is 5.61. The molecule has 5 heteroatoms. The molecule has 0 radical (unpaired) electrons. The molecule has 0 amide bonds. The summed E-state index contributed by atoms with van der Waals surface area (Å²) in [5.41, 5.74) is 0.912. The molecule has 1 unspecified atom stereocenters. The topological polar surface area (TPSA) is 63.9 Å². The van der Waals surface area contributed by atoms with Gasteiger partial charge in [0.1, 0.15) is 0 Å². The number of nitrogens with zero attached hydrogens (tertiary/aromatic N) is 1. The first kappa shape index (κ1) is 16.4. The highest BCUT2D eigenvalue weighted by Gasteiger charge is 2.17. The molecular formula is C18H21NO3S. The van der Waals surface area contributed by atoms with Gasteiger partial charge in [-0.2, -0.15) is 0 Å². The molecule has 0 aliphatic heterocycles. The first-order chi connectivity index (χ1) is 11.2. The lowest BCUT2D eigenvalue weighted by atomic mass is 10.00. The number of aliphatic hydroxyl groups is 3. The number of rotatable bonds is 7. The van der Waals surface area contributed by atoms with Crippen molar-refractivity contribution in [2.75, 3.05) is 32.8 Å². The van der Waals surface area contributed by atoms with Crippen LogP contribution in [-0.2, 0) is 0 Å². The van der Waals surface area contributed by atoms with Crippen LogP contribution in [0.15, 0.2) is 41.8 Å². The minimum absolute atomic E-state index is 0.0128. The van der Waals surface area contributed by atoms with E-state index in [0.717, 1.165) is 21.0 Å². The van der Waals surface area contributed by atoms with Gasteiger partial charge in [-0.15, -0.1) is 11.3 Å². The number of hydrogen-bond acceptors (Lipinski definition) is 5. The van der Waals surface area contributed by atoms with E-state index in [2.05, 4.69) is 24.3 Å². The molecule has 4 nitrogen and oxygen atoms in total. The molecule has 122 valence electrons. The molecule has 3 aromatic rings. The first-order valence-electron chi connectivity index (χ1n) is 7.75. The molecule has 0 aliphatic carbocycles. The second-order valence-corrected chi connectivity index (χ2v) is 6.53. The van der Waals surface area contributed by atoms with Crippen LogP contribution in [0, 0.1) is 0 Å². The monoisotopic (exact) mass is 331 g/mol. The van der Waals surface area contributed by atoms with Crippen LogP contribution in [0.4, 0.5) is 0 Å². The van der Waals surface area contributed by atoms with Gasteiger partial charge in [0.15, 0.2) is 0 Å². The number of thiophene rings is 1. The van der Waals surface area contributed by atoms with Gasteiger partial charge in [-0.05, 0) is 28.3 Å². The third kappa shape index (κ3) is 3.39. The summed E-state index contributed by atoms with van der Waals surface area (Å²) in [7, 11) is 0. The number of hydrogen-bond donors (Lipinski definition) is 3. The fourth-order valence-corrected chi connectivity index (χ4v) is 3.99. The van der Waals surface area contributed by atoms with Crippen molar-refractivity contribution in [3.8, 4) is 0 Å². The SMILES string of the molecule is OCCN(CCO)CC(O)c1cc2ccccc2c2ccsc12. The van der Waals surface area contributed by atoms with Crippen LogP contribution in [0.1, 0.15) is 11.7 Å². The first-order valence-corrected chi connectivity index (χ1v) is 8.63. The zero-order valence-electron chi connectivity index (χ0n) is 12.9. The average molecular weight is 331 g/mol. The summed E-state index contributed by atoms with van der Waals surface area (Å²) in [6.45, 7) is 1.31. The Kier molecular flexibility index (Phi) is 5.25. The van der Waals surface area contributed by atoms with Crippen molar-refractivity contribution in [3.05, 3.63) is 47.3 Å². The highest BCUT2D eigenvalue weighted by Crippen LogP contribution is 2.35. The van der Waals surface area contributed by atoms with E-state index in [1.807, 2.05) is 22.4 Å². The maximum atomic E-state index is 10.7. The van der Waals surface area contributed by atoms with Crippen molar-refractivity contribution < 1.29 is 15.3 Å². The smallest absolute Gasteiger partial charge is 0.0930 e. The molecule has 1 aromatic heterocycles. The summed E-state index contributed by atoms with van der Waals surface area (Å²) >= 11 is 1.63. The van der Waals surface area contributed by atoms with Gasteiger partial charge >= 0.3 is 0 Å². The summed E-state index contributed by atoms with van der Waals surface area (Å²) in [6, 6.07) is 12.3. The Morgan fingerprint density at radius 1 is 1.00 bits per heavy atom. The summed E-state index contributed by atoms with van der Waals surface area (Å²) < 4.78 is 1.10. The largest absolute Gasteiger partial charge is 0.395 e. The van der Waals surface area contributed by atoms with Gasteiger partial charge in [-0.1, -0.05) is 24.3 Å². The molecule has 1 heterocycles. The molecule has 0 fully saturated rings. The molecule has 3 rings (SSSR count). The number of fused-ring (bicyclic) bond motifs is 3. The fourth-order valence-electron chi connectivity index (χ4n) is 3.01. The lowest BCUT2D eigenvalue weighted by Gasteiger charge is -2.24. The molecule has 23 heavy (non-hydrogen) atoms. The Bertz CT molecular complexity index is 780. The van der Waals surface area contributed by atoms with Crippen LogP contribution in [0.3, 0.4) is 0 Å². The summed E-state index contributed by atoms with van der Waals surface area (Å²) in [5, 5.41) is 34.5. The lowest BCUT2D eigenvalue weighted by molar-refractivity contribution is 0.0883. The molecule has 0 bridgehead atoms. The zero-order valence-corrected chi connectivity index (χ0v) is 13.7. The van der Waals surface area contributed by atoms with Crippen LogP contribution in [0.5, 0.6) is 0 Å². The van der Waals surface area contributed by atoms with Crippen molar-refractivity contribution >= 4 is 32.2 Å². The van der Waals surface area contributed by atoms with Crippen molar-refractivity contribution in [1.82, 2.24) is 4.90 Å². The quantitative estimate of drug-likeness (QED) is 0.622. The Morgan fingerprint density at radius 2 is 1.74 bits per heavy atom. The van der Waals surface area contributed by atoms with Crippen molar-refractivity contribution in [2.45, 2.75) is 6.10 Å². The van der Waals surface area contributed by atoms with Crippen molar-refractivity contribution in [1.29, 1.82) is 0 Å². The molecule has 0 saturated heterocycles. The van der Waals surface area contributed by atoms with Crippen LogP contribution < -0.4 is 0 Å². The zero-order chi connectivity index (χ0) is 16.2. The van der Waals surface area contributed by atoms with Gasteiger partial charge in [0, 0.05) is 35.3 Å². The summed E-state index contributed by atoms with van der Waals surface area (Å²) in [4.78, 5) is 1.87. The minimum atomic E-state index is -0.654. The Hall–Kier alpha value is -1.50. The van der Waals surface area contributed by atoms with Gasteiger partial charge in [0.05, 0.1) is 19.3 Å². The van der Waals surface area contributed by atoms with E-state index >= 15 is 0 Å². The summed E-state index contributed by atoms with van der Waals surface area (Å²) in [5.74, 6) is 0. The van der Waals surface area contributed by atoms with E-state index < -0.39 is 6.10 Å². The van der Waals surface area contributed by atoms with Gasteiger partial charge in [-0.3, -0.25) is 4.90 Å². The Labute approximate surface area is 139 Å². The molecule has 1 atom stereocenters. The Morgan fingerprint density at radius 3 is 2.48 bits per heavy atom. The maximum Gasteiger partial charge on any atom is 0.0930 e. The standard InChI is InChI=1S/C18H21NO3S/c20-8-6-19(7-9-21)12-17(22)16-11-13-3-1-2-4-14(13)15-5-10-23-18(15)16/h1-5,10-11,17,20-22H,6-9,12H2. The van der Waals surface area contributed by atoms with E-state index in [-0.39, 0.29) is 13.2 Å². The van der Waals surface area contributed by atoms with Crippen LogP contribution in [-0.4, -0.2) is 53.1 Å². The predicted molar refractivity (Wildman–Crippen MR) is 94.9 cm³/mol. The molecule has 3 N–H and O–H groups in total. The van der Waals surface area contributed by atoms with Gasteiger partial charge in [-0.25, -0.2) is 0 Å². The predicted octanol–water partition coefficient (Wildman–Crippen LogP) is 2.37. The lowest BCUT2D eigenvalue weighted by Crippen LogP contribution is -2.33. The van der Waals surface area contributed by atoms with Gasteiger partial charge in [0.2, 0.25) is 0 Å². The van der Waals surface area contributed by atoms with E-state index in [4.69, 9.17) is 10.2 Å².